The van der Waals surface area contributed by atoms with Gasteiger partial charge in [-0.05, 0) is 24.4 Å². The van der Waals surface area contributed by atoms with Gasteiger partial charge < -0.3 is 10.0 Å². The summed E-state index contributed by atoms with van der Waals surface area (Å²) in [6.07, 6.45) is -0.222. The Morgan fingerprint density at radius 2 is 2.05 bits per heavy atom. The van der Waals surface area contributed by atoms with Crippen LogP contribution in [0.2, 0.25) is 0 Å². The lowest BCUT2D eigenvalue weighted by Crippen LogP contribution is -2.41. The SMILES string of the molecule is CCN1C(=O)[C@](O)(CC(=O)c2cccs2)c2ccccc21. The largest absolute Gasteiger partial charge is 0.375 e. The zero-order valence-electron chi connectivity index (χ0n) is 11.6. The number of ketones is 1. The Balaban J connectivity index is 2.00. The summed E-state index contributed by atoms with van der Waals surface area (Å²) in [6, 6.07) is 10.6. The van der Waals surface area contributed by atoms with Gasteiger partial charge >= 0.3 is 0 Å². The fourth-order valence-corrected chi connectivity index (χ4v) is 3.41. The molecule has 5 heteroatoms. The normalized spacial score (nSPS) is 20.7. The maximum Gasteiger partial charge on any atom is 0.264 e. The number of rotatable bonds is 4. The summed E-state index contributed by atoms with van der Waals surface area (Å²) in [4.78, 5) is 26.9. The van der Waals surface area contributed by atoms with Crippen molar-refractivity contribution in [2.24, 2.45) is 0 Å². The number of amides is 1. The van der Waals surface area contributed by atoms with E-state index in [1.807, 2.05) is 13.0 Å². The molecule has 2 heterocycles. The lowest BCUT2D eigenvalue weighted by molar-refractivity contribution is -0.135. The quantitative estimate of drug-likeness (QED) is 0.883. The van der Waals surface area contributed by atoms with Gasteiger partial charge in [0, 0.05) is 12.1 Å². The molecule has 0 unspecified atom stereocenters. The van der Waals surface area contributed by atoms with Crippen LogP contribution in [0, 0.1) is 0 Å². The molecule has 0 fully saturated rings. The Labute approximate surface area is 126 Å². The van der Waals surface area contributed by atoms with Crippen molar-refractivity contribution in [1.29, 1.82) is 0 Å². The van der Waals surface area contributed by atoms with Gasteiger partial charge in [0.15, 0.2) is 11.4 Å². The molecule has 1 aromatic heterocycles. The number of fused-ring (bicyclic) bond motifs is 1. The van der Waals surface area contributed by atoms with Crippen LogP contribution < -0.4 is 4.90 Å². The van der Waals surface area contributed by atoms with E-state index in [0.717, 1.165) is 0 Å². The first-order chi connectivity index (χ1) is 10.1. The van der Waals surface area contributed by atoms with Gasteiger partial charge in [-0.15, -0.1) is 11.3 Å². The highest BCUT2D eigenvalue weighted by Crippen LogP contribution is 2.42. The minimum atomic E-state index is -1.76. The Kier molecular flexibility index (Phi) is 3.39. The topological polar surface area (TPSA) is 57.6 Å². The third kappa shape index (κ3) is 2.09. The molecule has 0 radical (unpaired) electrons. The number of nitrogens with zero attached hydrogens (tertiary/aromatic N) is 1. The first-order valence-electron chi connectivity index (χ1n) is 6.78. The molecule has 4 nitrogen and oxygen atoms in total. The minimum absolute atomic E-state index is 0.214. The zero-order valence-corrected chi connectivity index (χ0v) is 12.4. The summed E-state index contributed by atoms with van der Waals surface area (Å²) in [7, 11) is 0. The summed E-state index contributed by atoms with van der Waals surface area (Å²) < 4.78 is 0. The molecule has 1 amide bonds. The molecule has 2 aromatic rings. The second-order valence-corrected chi connectivity index (χ2v) is 5.95. The predicted octanol–water partition coefficient (Wildman–Crippen LogP) is 2.58. The van der Waals surface area contributed by atoms with Crippen molar-refractivity contribution < 1.29 is 14.7 Å². The Morgan fingerprint density at radius 3 is 2.71 bits per heavy atom. The van der Waals surface area contributed by atoms with E-state index in [9.17, 15) is 14.7 Å². The van der Waals surface area contributed by atoms with Gasteiger partial charge in [0.1, 0.15) is 0 Å². The number of hydrogen-bond acceptors (Lipinski definition) is 4. The van der Waals surface area contributed by atoms with Gasteiger partial charge in [0.2, 0.25) is 0 Å². The number of para-hydroxylation sites is 1. The average molecular weight is 301 g/mol. The molecule has 1 aliphatic heterocycles. The van der Waals surface area contributed by atoms with Crippen LogP contribution in [-0.4, -0.2) is 23.3 Å². The number of anilines is 1. The maximum absolute atomic E-state index is 12.5. The summed E-state index contributed by atoms with van der Waals surface area (Å²) in [6.45, 7) is 2.31. The molecule has 1 atom stereocenters. The van der Waals surface area contributed by atoms with E-state index in [2.05, 4.69) is 0 Å². The van der Waals surface area contributed by atoms with Crippen molar-refractivity contribution in [3.05, 3.63) is 52.2 Å². The van der Waals surface area contributed by atoms with Crippen molar-refractivity contribution >= 4 is 28.7 Å². The second kappa shape index (κ2) is 5.09. The smallest absolute Gasteiger partial charge is 0.264 e. The number of likely N-dealkylation sites (N-methyl/N-ethyl adjacent to an activating group) is 1. The summed E-state index contributed by atoms with van der Waals surface area (Å²) >= 11 is 1.32. The molecule has 0 bridgehead atoms. The number of carbonyl (C=O) groups excluding carboxylic acids is 2. The number of hydrogen-bond donors (Lipinski definition) is 1. The monoisotopic (exact) mass is 301 g/mol. The fourth-order valence-electron chi connectivity index (χ4n) is 2.75. The fraction of sp³-hybridized carbons (Fsp3) is 0.250. The number of thiophene rings is 1. The molecule has 21 heavy (non-hydrogen) atoms. The molecule has 1 aromatic carbocycles. The number of aliphatic hydroxyl groups is 1. The van der Waals surface area contributed by atoms with Gasteiger partial charge in [-0.3, -0.25) is 9.59 Å². The van der Waals surface area contributed by atoms with E-state index in [-0.39, 0.29) is 12.2 Å². The van der Waals surface area contributed by atoms with E-state index in [1.54, 1.807) is 35.7 Å². The molecular weight excluding hydrogens is 286 g/mol. The number of benzene rings is 1. The number of Topliss-reactive ketones (excluding diaryl/α,β-unsaturated/α-hetero) is 1. The average Bonchev–Trinajstić information content (AvgIpc) is 3.08. The summed E-state index contributed by atoms with van der Waals surface area (Å²) in [5.74, 6) is -0.635. The van der Waals surface area contributed by atoms with E-state index in [0.29, 0.717) is 22.7 Å². The lowest BCUT2D eigenvalue weighted by Gasteiger charge is -2.21. The summed E-state index contributed by atoms with van der Waals surface area (Å²) in [5.41, 5.74) is -0.554. The van der Waals surface area contributed by atoms with Crippen LogP contribution in [0.3, 0.4) is 0 Å². The number of carbonyl (C=O) groups is 2. The third-order valence-electron chi connectivity index (χ3n) is 3.77. The Morgan fingerprint density at radius 1 is 1.29 bits per heavy atom. The van der Waals surface area contributed by atoms with Crippen LogP contribution in [0.4, 0.5) is 5.69 Å². The zero-order chi connectivity index (χ0) is 15.0. The standard InChI is InChI=1S/C16H15NO3S/c1-2-17-12-7-4-3-6-11(12)16(20,15(17)19)10-13(18)14-8-5-9-21-14/h3-9,20H,2,10H2,1H3/t16-/m0/s1. The summed E-state index contributed by atoms with van der Waals surface area (Å²) in [5, 5.41) is 12.7. The Hall–Kier alpha value is -1.98. The molecule has 3 rings (SSSR count). The first kappa shape index (κ1) is 14.0. The molecule has 1 aliphatic rings. The van der Waals surface area contributed by atoms with Crippen LogP contribution in [0.1, 0.15) is 28.6 Å². The van der Waals surface area contributed by atoms with Crippen LogP contribution in [-0.2, 0) is 10.4 Å². The molecule has 108 valence electrons. The van der Waals surface area contributed by atoms with Gasteiger partial charge in [0.05, 0.1) is 17.0 Å². The lowest BCUT2D eigenvalue weighted by atomic mass is 9.89. The van der Waals surface area contributed by atoms with E-state index in [4.69, 9.17) is 0 Å². The van der Waals surface area contributed by atoms with Crippen LogP contribution in [0.15, 0.2) is 41.8 Å². The van der Waals surface area contributed by atoms with Crippen molar-refractivity contribution in [3.8, 4) is 0 Å². The Bertz CT molecular complexity index is 695. The minimum Gasteiger partial charge on any atom is -0.375 e. The van der Waals surface area contributed by atoms with Crippen molar-refractivity contribution in [2.75, 3.05) is 11.4 Å². The van der Waals surface area contributed by atoms with Gasteiger partial charge in [-0.2, -0.15) is 0 Å². The van der Waals surface area contributed by atoms with Gasteiger partial charge in [-0.25, -0.2) is 0 Å². The van der Waals surface area contributed by atoms with Gasteiger partial charge in [-0.1, -0.05) is 24.3 Å². The van der Waals surface area contributed by atoms with Crippen LogP contribution in [0.25, 0.3) is 0 Å². The second-order valence-electron chi connectivity index (χ2n) is 5.00. The maximum atomic E-state index is 12.5. The molecule has 0 saturated carbocycles. The van der Waals surface area contributed by atoms with E-state index < -0.39 is 11.5 Å². The molecule has 0 saturated heterocycles. The molecule has 0 aliphatic carbocycles. The van der Waals surface area contributed by atoms with Crippen molar-refractivity contribution in [1.82, 2.24) is 0 Å². The van der Waals surface area contributed by atoms with Gasteiger partial charge in [0.25, 0.3) is 5.91 Å². The molecule has 1 N–H and O–H groups in total. The first-order valence-corrected chi connectivity index (χ1v) is 7.66. The van der Waals surface area contributed by atoms with Crippen molar-refractivity contribution in [3.63, 3.8) is 0 Å². The van der Waals surface area contributed by atoms with Crippen molar-refractivity contribution in [2.45, 2.75) is 18.9 Å². The highest BCUT2D eigenvalue weighted by molar-refractivity contribution is 7.12. The van der Waals surface area contributed by atoms with E-state index in [1.165, 1.54) is 16.2 Å². The van der Waals surface area contributed by atoms with E-state index >= 15 is 0 Å². The van der Waals surface area contributed by atoms with Crippen LogP contribution >= 0.6 is 11.3 Å². The highest BCUT2D eigenvalue weighted by Gasteiger charge is 2.50. The molecule has 0 spiro atoms. The van der Waals surface area contributed by atoms with Crippen LogP contribution in [0.5, 0.6) is 0 Å². The predicted molar refractivity (Wildman–Crippen MR) is 81.6 cm³/mol. The molecular formula is C16H15NO3S. The third-order valence-corrected chi connectivity index (χ3v) is 4.68. The highest BCUT2D eigenvalue weighted by atomic mass is 32.1.